The summed E-state index contributed by atoms with van der Waals surface area (Å²) in [6.07, 6.45) is 6.40. The van der Waals surface area contributed by atoms with Gasteiger partial charge in [0, 0.05) is 29.9 Å². The lowest BCUT2D eigenvalue weighted by atomic mass is 10.1. The van der Waals surface area contributed by atoms with Gasteiger partial charge in [0.1, 0.15) is 11.5 Å². The van der Waals surface area contributed by atoms with E-state index in [-0.39, 0.29) is 11.8 Å². The second-order valence-corrected chi connectivity index (χ2v) is 7.75. The highest BCUT2D eigenvalue weighted by atomic mass is 35.5. The normalized spacial score (nSPS) is 13.5. The molecule has 0 bridgehead atoms. The summed E-state index contributed by atoms with van der Waals surface area (Å²) in [7, 11) is 0. The maximum atomic E-state index is 13.0. The topological polar surface area (TPSA) is 71.5 Å². The molecule has 2 heterocycles. The van der Waals surface area contributed by atoms with Crippen LogP contribution < -0.4 is 10.1 Å². The van der Waals surface area contributed by atoms with Crippen molar-refractivity contribution in [2.45, 2.75) is 19.3 Å². The van der Waals surface area contributed by atoms with Crippen molar-refractivity contribution >= 4 is 29.1 Å². The largest absolute Gasteiger partial charge is 0.456 e. The molecule has 158 valence electrons. The van der Waals surface area contributed by atoms with Gasteiger partial charge in [-0.3, -0.25) is 14.6 Å². The third kappa shape index (κ3) is 5.22. The molecule has 1 aliphatic heterocycles. The van der Waals surface area contributed by atoms with Gasteiger partial charge >= 0.3 is 0 Å². The SMILES string of the molecule is O=C(Nc1cc(Cl)ccc1C(=O)N1CCCCC1)c1ccc(Oc2cccnc2)cc1. The molecule has 1 aromatic heterocycles. The minimum absolute atomic E-state index is 0.0908. The van der Waals surface area contributed by atoms with E-state index in [9.17, 15) is 9.59 Å². The fourth-order valence-corrected chi connectivity index (χ4v) is 3.66. The third-order valence-electron chi connectivity index (χ3n) is 5.09. The number of ether oxygens (including phenoxy) is 1. The molecular formula is C24H22ClN3O3. The lowest BCUT2D eigenvalue weighted by Crippen LogP contribution is -2.36. The first-order chi connectivity index (χ1) is 15.1. The lowest BCUT2D eigenvalue weighted by Gasteiger charge is -2.27. The number of piperidine rings is 1. The Morgan fingerprint density at radius 1 is 0.968 bits per heavy atom. The number of nitrogens with zero attached hydrogens (tertiary/aromatic N) is 2. The van der Waals surface area contributed by atoms with Crippen molar-refractivity contribution in [3.05, 3.63) is 83.1 Å². The minimum Gasteiger partial charge on any atom is -0.456 e. The first-order valence-corrected chi connectivity index (χ1v) is 10.6. The first-order valence-electron chi connectivity index (χ1n) is 10.2. The Morgan fingerprint density at radius 3 is 2.45 bits per heavy atom. The van der Waals surface area contributed by atoms with Crippen molar-refractivity contribution in [3.63, 3.8) is 0 Å². The van der Waals surface area contributed by atoms with E-state index in [2.05, 4.69) is 10.3 Å². The van der Waals surface area contributed by atoms with Gasteiger partial charge in [-0.1, -0.05) is 11.6 Å². The number of pyridine rings is 1. The van der Waals surface area contributed by atoms with E-state index >= 15 is 0 Å². The van der Waals surface area contributed by atoms with Gasteiger partial charge in [-0.15, -0.1) is 0 Å². The molecule has 1 N–H and O–H groups in total. The fraction of sp³-hybridized carbons (Fsp3) is 0.208. The van der Waals surface area contributed by atoms with Gasteiger partial charge in [-0.25, -0.2) is 0 Å². The number of carbonyl (C=O) groups excluding carboxylic acids is 2. The van der Waals surface area contributed by atoms with E-state index in [4.69, 9.17) is 16.3 Å². The Balaban J connectivity index is 1.49. The molecule has 2 amide bonds. The molecule has 0 radical (unpaired) electrons. The monoisotopic (exact) mass is 435 g/mol. The van der Waals surface area contributed by atoms with Gasteiger partial charge in [-0.2, -0.15) is 0 Å². The van der Waals surface area contributed by atoms with Crippen molar-refractivity contribution in [3.8, 4) is 11.5 Å². The molecular weight excluding hydrogens is 414 g/mol. The quantitative estimate of drug-likeness (QED) is 0.582. The van der Waals surface area contributed by atoms with Crippen molar-refractivity contribution in [2.24, 2.45) is 0 Å². The molecule has 6 nitrogen and oxygen atoms in total. The average molecular weight is 436 g/mol. The molecule has 1 fully saturated rings. The number of anilines is 1. The standard InChI is InChI=1S/C24H22ClN3O3/c25-18-8-11-21(24(30)28-13-2-1-3-14-28)22(15-18)27-23(29)17-6-9-19(10-7-17)31-20-5-4-12-26-16-20/h4-12,15-16H,1-3,13-14H2,(H,27,29). The number of hydrogen-bond donors (Lipinski definition) is 1. The second kappa shape index (κ2) is 9.62. The Morgan fingerprint density at radius 2 is 1.74 bits per heavy atom. The molecule has 0 unspecified atom stereocenters. The van der Waals surface area contributed by atoms with E-state index < -0.39 is 0 Å². The summed E-state index contributed by atoms with van der Waals surface area (Å²) in [4.78, 5) is 31.6. The van der Waals surface area contributed by atoms with Crippen LogP contribution in [0.4, 0.5) is 5.69 Å². The number of rotatable bonds is 5. The Labute approximate surface area is 185 Å². The zero-order chi connectivity index (χ0) is 21.6. The molecule has 31 heavy (non-hydrogen) atoms. The maximum Gasteiger partial charge on any atom is 0.255 e. The number of hydrogen-bond acceptors (Lipinski definition) is 4. The van der Waals surface area contributed by atoms with Crippen LogP contribution in [0.2, 0.25) is 5.02 Å². The van der Waals surface area contributed by atoms with Crippen LogP contribution in [0.3, 0.4) is 0 Å². The lowest BCUT2D eigenvalue weighted by molar-refractivity contribution is 0.0725. The molecule has 2 aromatic carbocycles. The summed E-state index contributed by atoms with van der Waals surface area (Å²) in [5.74, 6) is 0.780. The average Bonchev–Trinajstić information content (AvgIpc) is 2.80. The molecule has 0 aliphatic carbocycles. The third-order valence-corrected chi connectivity index (χ3v) is 5.33. The fourth-order valence-electron chi connectivity index (χ4n) is 3.49. The van der Waals surface area contributed by atoms with E-state index in [1.807, 2.05) is 4.90 Å². The molecule has 7 heteroatoms. The van der Waals surface area contributed by atoms with Crippen molar-refractivity contribution in [1.29, 1.82) is 0 Å². The van der Waals surface area contributed by atoms with Crippen molar-refractivity contribution in [1.82, 2.24) is 9.88 Å². The minimum atomic E-state index is -0.331. The summed E-state index contributed by atoms with van der Waals surface area (Å²) in [6.45, 7) is 1.46. The van der Waals surface area contributed by atoms with Gasteiger partial charge in [0.15, 0.2) is 0 Å². The second-order valence-electron chi connectivity index (χ2n) is 7.31. The Kier molecular flexibility index (Phi) is 6.48. The number of amides is 2. The van der Waals surface area contributed by atoms with Gasteiger partial charge < -0.3 is 15.0 Å². The summed E-state index contributed by atoms with van der Waals surface area (Å²) >= 11 is 6.14. The first kappa shape index (κ1) is 20.9. The van der Waals surface area contributed by atoms with Crippen LogP contribution in [0.1, 0.15) is 40.0 Å². The van der Waals surface area contributed by atoms with Gasteiger partial charge in [0.05, 0.1) is 17.4 Å². The number of carbonyl (C=O) groups is 2. The Bertz CT molecular complexity index is 1070. The summed E-state index contributed by atoms with van der Waals surface area (Å²) in [5.41, 5.74) is 1.29. The predicted octanol–water partition coefficient (Wildman–Crippen LogP) is 5.41. The number of halogens is 1. The highest BCUT2D eigenvalue weighted by molar-refractivity contribution is 6.31. The summed E-state index contributed by atoms with van der Waals surface area (Å²) in [5, 5.41) is 3.28. The van der Waals surface area contributed by atoms with Gasteiger partial charge in [0.2, 0.25) is 0 Å². The van der Waals surface area contributed by atoms with Gasteiger partial charge in [0.25, 0.3) is 11.8 Å². The van der Waals surface area contributed by atoms with Crippen LogP contribution in [0, 0.1) is 0 Å². The number of likely N-dealkylation sites (tertiary alicyclic amines) is 1. The highest BCUT2D eigenvalue weighted by Gasteiger charge is 2.22. The van der Waals surface area contributed by atoms with Gasteiger partial charge in [-0.05, 0) is 73.9 Å². The van der Waals surface area contributed by atoms with E-state index in [0.29, 0.717) is 33.3 Å². The molecule has 0 saturated carbocycles. The molecule has 1 aliphatic rings. The number of benzene rings is 2. The zero-order valence-electron chi connectivity index (χ0n) is 16.9. The van der Waals surface area contributed by atoms with Crippen LogP contribution in [0.5, 0.6) is 11.5 Å². The number of aromatic nitrogens is 1. The molecule has 0 spiro atoms. The highest BCUT2D eigenvalue weighted by Crippen LogP contribution is 2.25. The summed E-state index contributed by atoms with van der Waals surface area (Å²) in [6, 6.07) is 15.3. The molecule has 0 atom stereocenters. The zero-order valence-corrected chi connectivity index (χ0v) is 17.6. The van der Waals surface area contributed by atoms with Crippen LogP contribution in [0.25, 0.3) is 0 Å². The van der Waals surface area contributed by atoms with Crippen molar-refractivity contribution in [2.75, 3.05) is 18.4 Å². The molecule has 4 rings (SSSR count). The van der Waals surface area contributed by atoms with E-state index in [1.54, 1.807) is 67.0 Å². The van der Waals surface area contributed by atoms with E-state index in [1.165, 1.54) is 0 Å². The summed E-state index contributed by atoms with van der Waals surface area (Å²) < 4.78 is 5.70. The Hall–Kier alpha value is -3.38. The van der Waals surface area contributed by atoms with Crippen LogP contribution in [-0.4, -0.2) is 34.8 Å². The molecule has 1 saturated heterocycles. The van der Waals surface area contributed by atoms with Crippen LogP contribution in [0.15, 0.2) is 67.0 Å². The maximum absolute atomic E-state index is 13.0. The van der Waals surface area contributed by atoms with Crippen LogP contribution in [-0.2, 0) is 0 Å². The predicted molar refractivity (Wildman–Crippen MR) is 120 cm³/mol. The van der Waals surface area contributed by atoms with Crippen molar-refractivity contribution < 1.29 is 14.3 Å². The van der Waals surface area contributed by atoms with E-state index in [0.717, 1.165) is 32.4 Å². The number of nitrogens with one attached hydrogen (secondary N) is 1. The smallest absolute Gasteiger partial charge is 0.255 e. The van der Waals surface area contributed by atoms with Crippen LogP contribution >= 0.6 is 11.6 Å². The molecule has 3 aromatic rings.